The lowest BCUT2D eigenvalue weighted by molar-refractivity contribution is -0.132. The molecule has 27 heavy (non-hydrogen) atoms. The van der Waals surface area contributed by atoms with Crippen LogP contribution in [0.2, 0.25) is 0 Å². The monoisotopic (exact) mass is 414 g/mol. The Morgan fingerprint density at radius 3 is 2.63 bits per heavy atom. The van der Waals surface area contributed by atoms with E-state index >= 15 is 0 Å². The van der Waals surface area contributed by atoms with Crippen LogP contribution in [0.25, 0.3) is 0 Å². The van der Waals surface area contributed by atoms with Gasteiger partial charge in [0.25, 0.3) is 10.0 Å². The van der Waals surface area contributed by atoms with Crippen molar-refractivity contribution in [3.63, 3.8) is 0 Å². The molecular weight excluding hydrogens is 388 g/mol. The summed E-state index contributed by atoms with van der Waals surface area (Å²) in [5, 5.41) is 3.26. The summed E-state index contributed by atoms with van der Waals surface area (Å²) >= 11 is 0. The molecule has 0 bridgehead atoms. The number of benzene rings is 1. The van der Waals surface area contributed by atoms with Gasteiger partial charge in [-0.1, -0.05) is 12.1 Å². The van der Waals surface area contributed by atoms with Crippen LogP contribution in [0.5, 0.6) is 0 Å². The summed E-state index contributed by atoms with van der Waals surface area (Å²) in [5.41, 5.74) is 0.635. The van der Waals surface area contributed by atoms with Gasteiger partial charge in [0.15, 0.2) is 0 Å². The van der Waals surface area contributed by atoms with Crippen molar-refractivity contribution in [3.05, 3.63) is 29.8 Å². The average Bonchev–Trinajstić information content (AvgIpc) is 2.93. The van der Waals surface area contributed by atoms with E-state index in [-0.39, 0.29) is 23.2 Å². The van der Waals surface area contributed by atoms with E-state index in [1.54, 1.807) is 24.3 Å². The zero-order valence-electron chi connectivity index (χ0n) is 15.7. The van der Waals surface area contributed by atoms with E-state index in [0.717, 1.165) is 25.9 Å². The van der Waals surface area contributed by atoms with Crippen molar-refractivity contribution in [1.29, 1.82) is 0 Å². The second-order valence-electron chi connectivity index (χ2n) is 6.85. The first-order valence-electron chi connectivity index (χ1n) is 9.03. The number of amides is 1. The van der Waals surface area contributed by atoms with Crippen molar-refractivity contribution < 1.29 is 13.2 Å². The molecule has 0 spiro atoms. The second kappa shape index (κ2) is 9.03. The van der Waals surface area contributed by atoms with E-state index in [2.05, 4.69) is 9.71 Å². The van der Waals surface area contributed by atoms with Gasteiger partial charge in [-0.15, -0.1) is 16.8 Å². The minimum atomic E-state index is -3.60. The molecule has 0 saturated carbocycles. The Morgan fingerprint density at radius 2 is 1.96 bits per heavy atom. The van der Waals surface area contributed by atoms with Crippen LogP contribution >= 0.6 is 12.4 Å². The Kier molecular flexibility index (Phi) is 7.25. The summed E-state index contributed by atoms with van der Waals surface area (Å²) < 4.78 is 28.2. The van der Waals surface area contributed by atoms with Crippen LogP contribution in [0.1, 0.15) is 31.2 Å². The Hall–Kier alpha value is -1.64. The van der Waals surface area contributed by atoms with Gasteiger partial charge in [0.1, 0.15) is 10.7 Å². The van der Waals surface area contributed by atoms with E-state index in [9.17, 15) is 13.2 Å². The molecule has 0 atom stereocenters. The average molecular weight is 415 g/mol. The van der Waals surface area contributed by atoms with Crippen molar-refractivity contribution >= 4 is 34.2 Å². The fraction of sp³-hybridized carbons (Fsp3) is 0.556. The summed E-state index contributed by atoms with van der Waals surface area (Å²) in [4.78, 5) is 16.4. The van der Waals surface area contributed by atoms with Crippen molar-refractivity contribution in [1.82, 2.24) is 15.1 Å². The molecule has 0 unspecified atom stereocenters. The lowest BCUT2D eigenvalue weighted by Gasteiger charge is -2.32. The van der Waals surface area contributed by atoms with Crippen molar-refractivity contribution in [2.75, 3.05) is 33.7 Å². The number of fused-ring (bicyclic) bond motifs is 1. The fourth-order valence-electron chi connectivity index (χ4n) is 3.51. The zero-order chi connectivity index (χ0) is 18.7. The predicted molar refractivity (Wildman–Crippen MR) is 108 cm³/mol. The number of amidine groups is 1. The second-order valence-corrected chi connectivity index (χ2v) is 8.43. The Bertz CT molecular complexity index is 805. The number of rotatable bonds is 5. The van der Waals surface area contributed by atoms with E-state index in [0.29, 0.717) is 36.8 Å². The maximum absolute atomic E-state index is 12.4. The number of halogens is 1. The van der Waals surface area contributed by atoms with E-state index in [4.69, 9.17) is 0 Å². The minimum Gasteiger partial charge on any atom is -0.358 e. The SMILES string of the molecule is CNC1CCN(C(=O)CCCN(C)C2=NS(=O)(=O)c3ccccc32)CC1.Cl. The Morgan fingerprint density at radius 1 is 1.30 bits per heavy atom. The van der Waals surface area contributed by atoms with Crippen molar-refractivity contribution in [2.45, 2.75) is 36.6 Å². The van der Waals surface area contributed by atoms with Crippen molar-refractivity contribution in [2.24, 2.45) is 4.40 Å². The molecule has 0 radical (unpaired) electrons. The third kappa shape index (κ3) is 4.80. The smallest absolute Gasteiger partial charge is 0.285 e. The fourth-order valence-corrected chi connectivity index (χ4v) is 4.76. The largest absolute Gasteiger partial charge is 0.358 e. The molecule has 2 heterocycles. The molecule has 0 aliphatic carbocycles. The van der Waals surface area contributed by atoms with E-state index in [1.165, 1.54) is 0 Å². The van der Waals surface area contributed by atoms with Crippen LogP contribution in [0.15, 0.2) is 33.6 Å². The van der Waals surface area contributed by atoms with Gasteiger partial charge in [0.2, 0.25) is 5.91 Å². The molecule has 1 aromatic rings. The molecule has 7 nitrogen and oxygen atoms in total. The maximum atomic E-state index is 12.4. The quantitative estimate of drug-likeness (QED) is 0.789. The molecule has 9 heteroatoms. The van der Waals surface area contributed by atoms with Crippen LogP contribution in [-0.4, -0.2) is 69.7 Å². The summed E-state index contributed by atoms with van der Waals surface area (Å²) in [6.07, 6.45) is 3.12. The van der Waals surface area contributed by atoms with E-state index < -0.39 is 10.0 Å². The topological polar surface area (TPSA) is 82.1 Å². The molecule has 1 fully saturated rings. The highest BCUT2D eigenvalue weighted by Gasteiger charge is 2.30. The highest BCUT2D eigenvalue weighted by atomic mass is 35.5. The van der Waals surface area contributed by atoms with Crippen LogP contribution in [0, 0.1) is 0 Å². The standard InChI is InChI=1S/C18H26N4O3S.ClH/c1-19-14-9-12-22(13-10-14)17(23)8-5-11-21(2)18-15-6-3-4-7-16(15)26(24,25)20-18;/h3-4,6-7,14,19H,5,8-13H2,1-2H3;1H. The molecule has 1 amide bonds. The van der Waals surface area contributed by atoms with Gasteiger partial charge in [-0.2, -0.15) is 8.42 Å². The van der Waals surface area contributed by atoms with Crippen LogP contribution < -0.4 is 5.32 Å². The lowest BCUT2D eigenvalue weighted by Crippen LogP contribution is -2.44. The summed E-state index contributed by atoms with van der Waals surface area (Å²) in [6, 6.07) is 7.36. The maximum Gasteiger partial charge on any atom is 0.285 e. The van der Waals surface area contributed by atoms with Gasteiger partial charge >= 0.3 is 0 Å². The molecule has 1 aromatic carbocycles. The summed E-state index contributed by atoms with van der Waals surface area (Å²) in [7, 11) is 0.178. The van der Waals surface area contributed by atoms with Crippen LogP contribution in [0.4, 0.5) is 0 Å². The summed E-state index contributed by atoms with van der Waals surface area (Å²) in [6.45, 7) is 2.19. The number of nitrogens with one attached hydrogen (secondary N) is 1. The lowest BCUT2D eigenvalue weighted by atomic mass is 10.0. The number of carbonyl (C=O) groups excluding carboxylic acids is 1. The van der Waals surface area contributed by atoms with Gasteiger partial charge in [0.05, 0.1) is 0 Å². The summed E-state index contributed by atoms with van der Waals surface area (Å²) in [5.74, 6) is 0.636. The third-order valence-corrected chi connectivity index (χ3v) is 6.44. The van der Waals surface area contributed by atoms with Gasteiger partial charge in [-0.25, -0.2) is 0 Å². The number of sulfonamides is 1. The minimum absolute atomic E-state index is 0. The van der Waals surface area contributed by atoms with Gasteiger partial charge in [0, 0.05) is 44.7 Å². The zero-order valence-corrected chi connectivity index (χ0v) is 17.4. The molecule has 1 N–H and O–H groups in total. The molecule has 0 aromatic heterocycles. The number of likely N-dealkylation sites (tertiary alicyclic amines) is 1. The van der Waals surface area contributed by atoms with Gasteiger partial charge < -0.3 is 15.1 Å². The molecule has 3 rings (SSSR count). The van der Waals surface area contributed by atoms with Crippen LogP contribution in [0.3, 0.4) is 0 Å². The number of nitrogens with zero attached hydrogens (tertiary/aromatic N) is 3. The number of carbonyl (C=O) groups is 1. The molecule has 150 valence electrons. The first-order chi connectivity index (χ1) is 12.4. The number of piperidine rings is 1. The highest BCUT2D eigenvalue weighted by Crippen LogP contribution is 2.27. The first-order valence-corrected chi connectivity index (χ1v) is 10.5. The van der Waals surface area contributed by atoms with Gasteiger partial charge in [-0.05, 0) is 38.4 Å². The first kappa shape index (κ1) is 21.7. The van der Waals surface area contributed by atoms with Crippen LogP contribution in [-0.2, 0) is 14.8 Å². The Labute approximate surface area is 167 Å². The molecular formula is C18H27ClN4O3S. The van der Waals surface area contributed by atoms with Gasteiger partial charge in [-0.3, -0.25) is 4.79 Å². The van der Waals surface area contributed by atoms with E-state index in [1.807, 2.05) is 23.9 Å². The normalized spacial score (nSPS) is 18.4. The highest BCUT2D eigenvalue weighted by molar-refractivity contribution is 7.90. The number of hydrogen-bond acceptors (Lipinski definition) is 5. The molecule has 1 saturated heterocycles. The Balaban J connectivity index is 0.00000261. The molecule has 2 aliphatic rings. The predicted octanol–water partition coefficient (Wildman–Crippen LogP) is 1.48. The van der Waals surface area contributed by atoms with Crippen molar-refractivity contribution in [3.8, 4) is 0 Å². The number of hydrogen-bond donors (Lipinski definition) is 1. The third-order valence-electron chi connectivity index (χ3n) is 5.11. The molecule has 2 aliphatic heterocycles.